The van der Waals surface area contributed by atoms with Gasteiger partial charge in [0.25, 0.3) is 0 Å². The van der Waals surface area contributed by atoms with Crippen LogP contribution in [-0.4, -0.2) is 41.8 Å². The third-order valence-electron chi connectivity index (χ3n) is 6.55. The highest BCUT2D eigenvalue weighted by Gasteiger charge is 2.22. The van der Waals surface area contributed by atoms with Crippen LogP contribution in [0.3, 0.4) is 0 Å². The maximum absolute atomic E-state index is 16.1. The number of rotatable bonds is 8. The summed E-state index contributed by atoms with van der Waals surface area (Å²) in [5.74, 6) is -0.300. The van der Waals surface area contributed by atoms with Gasteiger partial charge in [-0.25, -0.2) is 9.37 Å². The first-order valence-corrected chi connectivity index (χ1v) is 13.6. The van der Waals surface area contributed by atoms with Gasteiger partial charge in [0, 0.05) is 28.6 Å². The highest BCUT2D eigenvalue weighted by atomic mass is 32.1. The molecule has 0 fully saturated rings. The first kappa shape index (κ1) is 25.5. The number of carbonyl (C=O) groups excluding carboxylic acids is 2. The number of thiophene rings is 1. The number of imidazole rings is 1. The molecule has 6 aromatic rings. The van der Waals surface area contributed by atoms with Gasteiger partial charge in [0.05, 0.1) is 44.9 Å². The number of nitrogens with zero attached hydrogens (tertiary/aromatic N) is 4. The minimum Gasteiger partial charge on any atom is -0.337 e. The molecule has 0 saturated heterocycles. The van der Waals surface area contributed by atoms with Gasteiger partial charge >= 0.3 is 0 Å². The number of nitrogens with one attached hydrogen (secondary N) is 3. The third-order valence-corrected chi connectivity index (χ3v) is 7.77. The zero-order valence-corrected chi connectivity index (χ0v) is 22.5. The zero-order valence-electron chi connectivity index (χ0n) is 21.7. The fourth-order valence-electron chi connectivity index (χ4n) is 4.56. The van der Waals surface area contributed by atoms with Crippen molar-refractivity contribution in [3.8, 4) is 33.2 Å². The van der Waals surface area contributed by atoms with Crippen molar-refractivity contribution in [3.63, 3.8) is 0 Å². The minimum atomic E-state index is -0.581. The Kier molecular flexibility index (Phi) is 6.64. The number of ketones is 1. The average molecular weight is 554 g/mol. The van der Waals surface area contributed by atoms with Crippen molar-refractivity contribution in [1.82, 2.24) is 30.1 Å². The number of H-pyrrole nitrogens is 2. The molecule has 9 nitrogen and oxygen atoms in total. The molecule has 0 saturated carbocycles. The van der Waals surface area contributed by atoms with Gasteiger partial charge in [-0.15, -0.1) is 11.3 Å². The van der Waals surface area contributed by atoms with Crippen molar-refractivity contribution in [3.05, 3.63) is 65.7 Å². The zero-order chi connectivity index (χ0) is 27.8. The number of hydrogen-bond acceptors (Lipinski definition) is 7. The molecule has 5 aromatic heterocycles. The summed E-state index contributed by atoms with van der Waals surface area (Å²) in [6.45, 7) is 3.56. The molecular formula is C29H24FN7O2S. The van der Waals surface area contributed by atoms with E-state index in [1.807, 2.05) is 31.2 Å². The largest absolute Gasteiger partial charge is 0.337 e. The Balaban J connectivity index is 1.40. The van der Waals surface area contributed by atoms with E-state index in [0.29, 0.717) is 45.1 Å². The molecule has 0 radical (unpaired) electrons. The van der Waals surface area contributed by atoms with Crippen LogP contribution in [0.2, 0.25) is 0 Å². The molecule has 0 aliphatic heterocycles. The van der Waals surface area contributed by atoms with Crippen molar-refractivity contribution < 1.29 is 14.0 Å². The molecule has 6 rings (SSSR count). The van der Waals surface area contributed by atoms with Gasteiger partial charge < -0.3 is 10.3 Å². The predicted molar refractivity (Wildman–Crippen MR) is 154 cm³/mol. The van der Waals surface area contributed by atoms with Gasteiger partial charge in [-0.3, -0.25) is 24.7 Å². The fraction of sp³-hybridized carbons (Fsp3) is 0.172. The van der Waals surface area contributed by atoms with E-state index in [0.717, 1.165) is 28.8 Å². The molecule has 40 heavy (non-hydrogen) atoms. The number of aromatic amines is 2. The maximum Gasteiger partial charge on any atom is 0.224 e. The molecule has 0 spiro atoms. The summed E-state index contributed by atoms with van der Waals surface area (Å²) >= 11 is 1.40. The SMILES string of the molecule is CCCCC(=O)Nc1cncc(-c2ncc3[nH]nc(-c4nc5c(-c6ccc(C(C)=O)s6)cccc5[nH]4)c3c2F)c1. The number of halogens is 1. The number of hydrogen-bond donors (Lipinski definition) is 3. The molecular weight excluding hydrogens is 529 g/mol. The van der Waals surface area contributed by atoms with E-state index in [-0.39, 0.29) is 22.8 Å². The van der Waals surface area contributed by atoms with E-state index in [2.05, 4.69) is 30.5 Å². The van der Waals surface area contributed by atoms with Gasteiger partial charge in [0.2, 0.25) is 5.91 Å². The Hall–Kier alpha value is -4.77. The van der Waals surface area contributed by atoms with Crippen LogP contribution in [0.25, 0.3) is 55.2 Å². The summed E-state index contributed by atoms with van der Waals surface area (Å²) in [5, 5.41) is 10.3. The smallest absolute Gasteiger partial charge is 0.224 e. The number of benzene rings is 1. The molecule has 0 unspecified atom stereocenters. The molecule has 11 heteroatoms. The number of para-hydroxylation sites is 1. The molecule has 1 amide bonds. The lowest BCUT2D eigenvalue weighted by molar-refractivity contribution is -0.116. The number of aromatic nitrogens is 6. The van der Waals surface area contributed by atoms with E-state index in [1.54, 1.807) is 19.1 Å². The summed E-state index contributed by atoms with van der Waals surface area (Å²) in [6, 6.07) is 11.1. The molecule has 0 bridgehead atoms. The minimum absolute atomic E-state index is 0.00799. The first-order valence-electron chi connectivity index (χ1n) is 12.8. The Labute approximate surface area is 231 Å². The lowest BCUT2D eigenvalue weighted by Gasteiger charge is -2.08. The van der Waals surface area contributed by atoms with Crippen LogP contribution in [0.4, 0.5) is 10.1 Å². The molecule has 0 atom stereocenters. The van der Waals surface area contributed by atoms with Crippen molar-refractivity contribution in [1.29, 1.82) is 0 Å². The standard InChI is InChI=1S/C29H24FN7O2S/c1-3-4-8-23(39)33-17-11-16(12-31-13-17)26-25(30)24-20(14-32-26)36-37-28(24)29-34-19-7-5-6-18(27(19)35-29)22-10-9-21(40-22)15(2)38/h5-7,9-14H,3-4,8H2,1-2H3,(H,33,39)(H,34,35)(H,36,37). The normalized spacial score (nSPS) is 11.4. The van der Waals surface area contributed by atoms with E-state index in [1.165, 1.54) is 29.9 Å². The number of Topliss-reactive ketones (excluding diaryl/α,β-unsaturated/α-hetero) is 1. The number of fused-ring (bicyclic) bond motifs is 2. The summed E-state index contributed by atoms with van der Waals surface area (Å²) in [4.78, 5) is 42.1. The second-order valence-corrected chi connectivity index (χ2v) is 10.5. The number of unbranched alkanes of at least 4 members (excludes halogenated alkanes) is 1. The van der Waals surface area contributed by atoms with Gasteiger partial charge in [0.1, 0.15) is 11.4 Å². The van der Waals surface area contributed by atoms with Crippen LogP contribution in [-0.2, 0) is 4.79 Å². The highest BCUT2D eigenvalue weighted by molar-refractivity contribution is 7.17. The van der Waals surface area contributed by atoms with Crippen molar-refractivity contribution in [2.45, 2.75) is 33.1 Å². The van der Waals surface area contributed by atoms with Crippen molar-refractivity contribution >= 4 is 50.7 Å². The van der Waals surface area contributed by atoms with E-state index in [9.17, 15) is 9.59 Å². The van der Waals surface area contributed by atoms with Gasteiger partial charge in [-0.05, 0) is 37.6 Å². The van der Waals surface area contributed by atoms with Crippen molar-refractivity contribution in [2.75, 3.05) is 5.32 Å². The van der Waals surface area contributed by atoms with Gasteiger partial charge in [0.15, 0.2) is 17.4 Å². The summed E-state index contributed by atoms with van der Waals surface area (Å²) < 4.78 is 16.1. The van der Waals surface area contributed by atoms with E-state index >= 15 is 4.39 Å². The topological polar surface area (TPSA) is 129 Å². The third kappa shape index (κ3) is 4.64. The van der Waals surface area contributed by atoms with E-state index in [4.69, 9.17) is 4.98 Å². The number of amides is 1. The monoisotopic (exact) mass is 553 g/mol. The highest BCUT2D eigenvalue weighted by Crippen LogP contribution is 2.36. The van der Waals surface area contributed by atoms with Crippen LogP contribution in [0.5, 0.6) is 0 Å². The van der Waals surface area contributed by atoms with Crippen LogP contribution in [0.15, 0.2) is 55.0 Å². The second kappa shape index (κ2) is 10.4. The van der Waals surface area contributed by atoms with Crippen LogP contribution in [0, 0.1) is 5.82 Å². The molecule has 200 valence electrons. The van der Waals surface area contributed by atoms with Gasteiger partial charge in [-0.2, -0.15) is 5.10 Å². The Morgan fingerprint density at radius 1 is 1.07 bits per heavy atom. The second-order valence-electron chi connectivity index (χ2n) is 9.40. The molecule has 3 N–H and O–H groups in total. The number of anilines is 1. The molecule has 0 aliphatic carbocycles. The average Bonchev–Trinajstić information content (AvgIpc) is 3.70. The quantitative estimate of drug-likeness (QED) is 0.179. The molecule has 1 aromatic carbocycles. The molecule has 0 aliphatic rings. The van der Waals surface area contributed by atoms with Crippen LogP contribution >= 0.6 is 11.3 Å². The summed E-state index contributed by atoms with van der Waals surface area (Å²) in [5.41, 5.74) is 4.01. The summed E-state index contributed by atoms with van der Waals surface area (Å²) in [7, 11) is 0. The molecule has 5 heterocycles. The summed E-state index contributed by atoms with van der Waals surface area (Å²) in [6.07, 6.45) is 6.63. The fourth-order valence-corrected chi connectivity index (χ4v) is 5.49. The number of carbonyl (C=O) groups is 2. The lowest BCUT2D eigenvalue weighted by atomic mass is 10.1. The number of pyridine rings is 2. The lowest BCUT2D eigenvalue weighted by Crippen LogP contribution is -2.11. The Morgan fingerprint density at radius 2 is 1.95 bits per heavy atom. The van der Waals surface area contributed by atoms with Crippen LogP contribution < -0.4 is 5.32 Å². The maximum atomic E-state index is 16.1. The van der Waals surface area contributed by atoms with Crippen LogP contribution in [0.1, 0.15) is 42.8 Å². The van der Waals surface area contributed by atoms with Gasteiger partial charge in [-0.1, -0.05) is 25.5 Å². The predicted octanol–water partition coefficient (Wildman–Crippen LogP) is 6.76. The first-order chi connectivity index (χ1) is 19.4. The Bertz CT molecular complexity index is 1910. The van der Waals surface area contributed by atoms with Crippen molar-refractivity contribution in [2.24, 2.45) is 0 Å². The van der Waals surface area contributed by atoms with E-state index < -0.39 is 5.82 Å². The Morgan fingerprint density at radius 3 is 2.75 bits per heavy atom.